The average Bonchev–Trinajstić information content (AvgIpc) is 2.90. The average molecular weight is 296 g/mol. The van der Waals surface area contributed by atoms with Gasteiger partial charge in [-0.15, -0.1) is 0 Å². The molecule has 0 bridgehead atoms. The first kappa shape index (κ1) is 13.5. The molecular weight excluding hydrogens is 278 g/mol. The number of methoxy groups -OCH3 is 2. The van der Waals surface area contributed by atoms with Crippen molar-refractivity contribution >= 4 is 17.3 Å². The molecule has 0 aliphatic carbocycles. The third-order valence-electron chi connectivity index (χ3n) is 3.91. The number of ether oxygens (including phenoxy) is 2. The van der Waals surface area contributed by atoms with Gasteiger partial charge in [-0.25, -0.2) is 0 Å². The molecule has 0 saturated carbocycles. The lowest BCUT2D eigenvalue weighted by Gasteiger charge is -2.26. The van der Waals surface area contributed by atoms with Gasteiger partial charge in [0, 0.05) is 31.1 Å². The molecule has 5 nitrogen and oxygen atoms in total. The molecule has 1 aromatic carbocycles. The fourth-order valence-electron chi connectivity index (χ4n) is 2.89. The van der Waals surface area contributed by atoms with E-state index < -0.39 is 0 Å². The standard InChI is InChI=1S/C14H18ClN3O2/c1-19-12-6-8(5-10(15)14(12)20-2)13-9-7-16-4-3-11(9)17-18-13/h5-6,9,13,16,18H,3-4,7H2,1-2H3. The van der Waals surface area contributed by atoms with Gasteiger partial charge in [-0.3, -0.25) is 0 Å². The number of nitrogens with zero attached hydrogens (tertiary/aromatic N) is 1. The van der Waals surface area contributed by atoms with Gasteiger partial charge in [-0.1, -0.05) is 11.6 Å². The molecule has 0 radical (unpaired) electrons. The topological polar surface area (TPSA) is 54.9 Å². The Kier molecular flexibility index (Phi) is 3.72. The molecule has 2 aliphatic heterocycles. The van der Waals surface area contributed by atoms with Crippen molar-refractivity contribution in [3.05, 3.63) is 22.7 Å². The van der Waals surface area contributed by atoms with E-state index in [0.29, 0.717) is 22.4 Å². The highest BCUT2D eigenvalue weighted by Gasteiger charge is 2.35. The second kappa shape index (κ2) is 5.50. The zero-order valence-corrected chi connectivity index (χ0v) is 12.3. The fraction of sp³-hybridized carbons (Fsp3) is 0.500. The quantitative estimate of drug-likeness (QED) is 0.895. The van der Waals surface area contributed by atoms with Crippen molar-refractivity contribution in [2.75, 3.05) is 27.3 Å². The summed E-state index contributed by atoms with van der Waals surface area (Å²) in [6.45, 7) is 1.93. The Balaban J connectivity index is 1.93. The van der Waals surface area contributed by atoms with Crippen LogP contribution in [0.15, 0.2) is 17.2 Å². The molecule has 3 rings (SSSR count). The van der Waals surface area contributed by atoms with Crippen molar-refractivity contribution in [1.82, 2.24) is 10.7 Å². The smallest absolute Gasteiger partial charge is 0.179 e. The van der Waals surface area contributed by atoms with Crippen molar-refractivity contribution in [2.45, 2.75) is 12.5 Å². The minimum absolute atomic E-state index is 0.134. The number of benzene rings is 1. The van der Waals surface area contributed by atoms with E-state index in [1.807, 2.05) is 12.1 Å². The maximum Gasteiger partial charge on any atom is 0.179 e. The van der Waals surface area contributed by atoms with E-state index in [0.717, 1.165) is 25.1 Å². The molecule has 2 N–H and O–H groups in total. The highest BCUT2D eigenvalue weighted by atomic mass is 35.5. The molecule has 20 heavy (non-hydrogen) atoms. The summed E-state index contributed by atoms with van der Waals surface area (Å²) in [4.78, 5) is 0. The van der Waals surface area contributed by atoms with Gasteiger partial charge >= 0.3 is 0 Å². The lowest BCUT2D eigenvalue weighted by atomic mass is 9.87. The summed E-state index contributed by atoms with van der Waals surface area (Å²) in [6.07, 6.45) is 0.995. The van der Waals surface area contributed by atoms with Crippen LogP contribution >= 0.6 is 11.6 Å². The van der Waals surface area contributed by atoms with Crippen molar-refractivity contribution in [3.8, 4) is 11.5 Å². The van der Waals surface area contributed by atoms with Crippen LogP contribution in [0, 0.1) is 5.92 Å². The summed E-state index contributed by atoms with van der Waals surface area (Å²) in [5, 5.41) is 8.42. The number of piperidine rings is 1. The van der Waals surface area contributed by atoms with Crippen LogP contribution in [0.5, 0.6) is 11.5 Å². The van der Waals surface area contributed by atoms with E-state index in [1.54, 1.807) is 14.2 Å². The lowest BCUT2D eigenvalue weighted by Crippen LogP contribution is -2.38. The zero-order chi connectivity index (χ0) is 14.1. The normalized spacial score (nSPS) is 24.6. The van der Waals surface area contributed by atoms with E-state index in [2.05, 4.69) is 15.8 Å². The van der Waals surface area contributed by atoms with Gasteiger partial charge in [-0.05, 0) is 17.7 Å². The molecule has 1 saturated heterocycles. The number of rotatable bonds is 3. The van der Waals surface area contributed by atoms with Gasteiger partial charge in [0.1, 0.15) is 0 Å². The molecule has 0 aromatic heterocycles. The minimum atomic E-state index is 0.134. The summed E-state index contributed by atoms with van der Waals surface area (Å²) >= 11 is 6.28. The SMILES string of the molecule is COc1cc(C2NN=C3CCNCC32)cc(Cl)c1OC. The lowest BCUT2D eigenvalue weighted by molar-refractivity contribution is 0.353. The fourth-order valence-corrected chi connectivity index (χ4v) is 3.19. The van der Waals surface area contributed by atoms with Crippen LogP contribution in [0.2, 0.25) is 5.02 Å². The van der Waals surface area contributed by atoms with Crippen LogP contribution in [-0.2, 0) is 0 Å². The zero-order valence-electron chi connectivity index (χ0n) is 11.6. The van der Waals surface area contributed by atoms with Gasteiger partial charge < -0.3 is 20.2 Å². The first-order valence-corrected chi connectivity index (χ1v) is 7.06. The van der Waals surface area contributed by atoms with Gasteiger partial charge in [0.2, 0.25) is 0 Å². The molecule has 2 atom stereocenters. The van der Waals surface area contributed by atoms with Crippen molar-refractivity contribution < 1.29 is 9.47 Å². The van der Waals surface area contributed by atoms with E-state index in [1.165, 1.54) is 5.71 Å². The molecule has 1 fully saturated rings. The number of nitrogens with one attached hydrogen (secondary N) is 2. The molecule has 6 heteroatoms. The molecular formula is C14H18ClN3O2. The highest BCUT2D eigenvalue weighted by Crippen LogP contribution is 2.40. The minimum Gasteiger partial charge on any atom is -0.493 e. The van der Waals surface area contributed by atoms with E-state index in [9.17, 15) is 0 Å². The molecule has 2 aliphatic rings. The highest BCUT2D eigenvalue weighted by molar-refractivity contribution is 6.32. The van der Waals surface area contributed by atoms with Crippen molar-refractivity contribution in [2.24, 2.45) is 11.0 Å². The van der Waals surface area contributed by atoms with Crippen LogP contribution < -0.4 is 20.2 Å². The number of halogens is 1. The molecule has 2 unspecified atom stereocenters. The third kappa shape index (κ3) is 2.21. The molecule has 2 heterocycles. The molecule has 108 valence electrons. The third-order valence-corrected chi connectivity index (χ3v) is 4.20. The van der Waals surface area contributed by atoms with Gasteiger partial charge in [0.05, 0.1) is 25.3 Å². The second-order valence-electron chi connectivity index (χ2n) is 5.01. The summed E-state index contributed by atoms with van der Waals surface area (Å²) < 4.78 is 10.6. The second-order valence-corrected chi connectivity index (χ2v) is 5.42. The van der Waals surface area contributed by atoms with Crippen molar-refractivity contribution in [1.29, 1.82) is 0 Å². The van der Waals surface area contributed by atoms with E-state index >= 15 is 0 Å². The van der Waals surface area contributed by atoms with Gasteiger partial charge in [0.25, 0.3) is 0 Å². The number of hydrogen-bond acceptors (Lipinski definition) is 5. The van der Waals surface area contributed by atoms with Crippen molar-refractivity contribution in [3.63, 3.8) is 0 Å². The molecule has 0 spiro atoms. The Morgan fingerprint density at radius 1 is 1.30 bits per heavy atom. The first-order chi connectivity index (χ1) is 9.74. The molecule has 0 amide bonds. The number of fused-ring (bicyclic) bond motifs is 1. The predicted octanol–water partition coefficient (Wildman–Crippen LogP) is 1.97. The largest absolute Gasteiger partial charge is 0.493 e. The number of hydrogen-bond donors (Lipinski definition) is 2. The van der Waals surface area contributed by atoms with E-state index in [4.69, 9.17) is 21.1 Å². The predicted molar refractivity (Wildman–Crippen MR) is 78.8 cm³/mol. The monoisotopic (exact) mass is 295 g/mol. The van der Waals surface area contributed by atoms with Crippen LogP contribution in [0.1, 0.15) is 18.0 Å². The van der Waals surface area contributed by atoms with Crippen LogP contribution in [0.25, 0.3) is 0 Å². The number of hydrazone groups is 1. The Morgan fingerprint density at radius 2 is 2.15 bits per heavy atom. The Bertz CT molecular complexity index is 547. The Hall–Kier alpha value is -1.46. The summed E-state index contributed by atoms with van der Waals surface area (Å²) in [5.41, 5.74) is 5.53. The van der Waals surface area contributed by atoms with Crippen LogP contribution in [0.3, 0.4) is 0 Å². The summed E-state index contributed by atoms with van der Waals surface area (Å²) in [6, 6.07) is 4.03. The summed E-state index contributed by atoms with van der Waals surface area (Å²) in [7, 11) is 3.20. The van der Waals surface area contributed by atoms with Gasteiger partial charge in [-0.2, -0.15) is 5.10 Å². The van der Waals surface area contributed by atoms with Gasteiger partial charge in [0.15, 0.2) is 11.5 Å². The Morgan fingerprint density at radius 3 is 2.90 bits per heavy atom. The molecule has 1 aromatic rings. The first-order valence-electron chi connectivity index (χ1n) is 6.68. The maximum atomic E-state index is 6.28. The van der Waals surface area contributed by atoms with Crippen LogP contribution in [-0.4, -0.2) is 33.0 Å². The Labute approximate surface area is 123 Å². The van der Waals surface area contributed by atoms with Crippen LogP contribution in [0.4, 0.5) is 0 Å². The van der Waals surface area contributed by atoms with E-state index in [-0.39, 0.29) is 6.04 Å². The maximum absolute atomic E-state index is 6.28. The summed E-state index contributed by atoms with van der Waals surface area (Å²) in [5.74, 6) is 1.59.